The average Bonchev–Trinajstić information content (AvgIpc) is 3.09. The fraction of sp³-hybridized carbons (Fsp3) is 0.500. The van der Waals surface area contributed by atoms with E-state index in [2.05, 4.69) is 32.6 Å². The van der Waals surface area contributed by atoms with E-state index < -0.39 is 0 Å². The lowest BCUT2D eigenvalue weighted by molar-refractivity contribution is 0.414. The van der Waals surface area contributed by atoms with E-state index in [1.165, 1.54) is 5.56 Å². The highest BCUT2D eigenvalue weighted by Crippen LogP contribution is 2.14. The van der Waals surface area contributed by atoms with Gasteiger partial charge in [0.25, 0.3) is 0 Å². The minimum Gasteiger partial charge on any atom is -0.497 e. The monoisotopic (exact) mass is 414 g/mol. The Morgan fingerprint density at radius 1 is 1.10 bits per heavy atom. The minimum absolute atomic E-state index is 0.106. The number of rotatable bonds is 10. The van der Waals surface area contributed by atoms with Gasteiger partial charge < -0.3 is 4.74 Å². The molecule has 1 aromatic heterocycles. The SMILES string of the molecule is C/C=C/Cn1cc(CCCc2ccc(OC)cc2)n(CCC)c1=O.C=CCC.CC. The second kappa shape index (κ2) is 17.4. The summed E-state index contributed by atoms with van der Waals surface area (Å²) in [6.45, 7) is 15.1. The quantitative estimate of drug-likeness (QED) is 0.420. The molecule has 4 nitrogen and oxygen atoms in total. The molecule has 0 radical (unpaired) electrons. The first kappa shape index (κ1) is 27.5. The van der Waals surface area contributed by atoms with E-state index in [-0.39, 0.29) is 5.69 Å². The highest BCUT2D eigenvalue weighted by atomic mass is 16.5. The van der Waals surface area contributed by atoms with Gasteiger partial charge in [0, 0.05) is 25.0 Å². The Labute approximate surface area is 183 Å². The Hall–Kier alpha value is -2.49. The number of allylic oxidation sites excluding steroid dienone is 3. The molecule has 0 aliphatic heterocycles. The molecule has 0 atom stereocenters. The Morgan fingerprint density at radius 3 is 2.23 bits per heavy atom. The summed E-state index contributed by atoms with van der Waals surface area (Å²) >= 11 is 0. The van der Waals surface area contributed by atoms with Crippen molar-refractivity contribution < 1.29 is 4.74 Å². The summed E-state index contributed by atoms with van der Waals surface area (Å²) in [5, 5.41) is 0. The van der Waals surface area contributed by atoms with E-state index in [0.29, 0.717) is 6.54 Å². The van der Waals surface area contributed by atoms with Crippen molar-refractivity contribution in [1.82, 2.24) is 9.13 Å². The molecule has 1 aromatic carbocycles. The Kier molecular flexibility index (Phi) is 15.9. The molecule has 168 valence electrons. The molecule has 0 amide bonds. The number of aryl methyl sites for hydroxylation is 2. The van der Waals surface area contributed by atoms with E-state index in [9.17, 15) is 4.79 Å². The van der Waals surface area contributed by atoms with Crippen LogP contribution in [0.25, 0.3) is 0 Å². The topological polar surface area (TPSA) is 36.2 Å². The maximum atomic E-state index is 12.5. The molecule has 0 unspecified atom stereocenters. The number of methoxy groups -OCH3 is 1. The number of ether oxygens (including phenoxy) is 1. The largest absolute Gasteiger partial charge is 0.497 e. The lowest BCUT2D eigenvalue weighted by atomic mass is 10.1. The van der Waals surface area contributed by atoms with Gasteiger partial charge in [0.05, 0.1) is 7.11 Å². The van der Waals surface area contributed by atoms with Crippen molar-refractivity contribution in [2.24, 2.45) is 0 Å². The summed E-state index contributed by atoms with van der Waals surface area (Å²) in [4.78, 5) is 12.5. The van der Waals surface area contributed by atoms with Gasteiger partial charge in [-0.1, -0.05) is 58.1 Å². The van der Waals surface area contributed by atoms with Crippen LogP contribution in [0.4, 0.5) is 0 Å². The van der Waals surface area contributed by atoms with Crippen molar-refractivity contribution >= 4 is 0 Å². The second-order valence-corrected chi connectivity index (χ2v) is 6.67. The summed E-state index contributed by atoms with van der Waals surface area (Å²) in [6.07, 6.45) is 12.9. The molecule has 0 bridgehead atoms. The predicted molar refractivity (Wildman–Crippen MR) is 131 cm³/mol. The molecule has 4 heteroatoms. The van der Waals surface area contributed by atoms with Crippen LogP contribution in [0.2, 0.25) is 0 Å². The van der Waals surface area contributed by atoms with Crippen molar-refractivity contribution in [2.75, 3.05) is 7.11 Å². The molecule has 0 fully saturated rings. The molecule has 0 saturated carbocycles. The summed E-state index contributed by atoms with van der Waals surface area (Å²) in [5.74, 6) is 0.886. The fourth-order valence-electron chi connectivity index (χ4n) is 2.86. The average molecular weight is 415 g/mol. The lowest BCUT2D eigenvalue weighted by Gasteiger charge is -2.06. The number of hydrogen-bond donors (Lipinski definition) is 0. The molecular weight excluding hydrogens is 372 g/mol. The van der Waals surface area contributed by atoms with Crippen LogP contribution in [0.1, 0.15) is 65.1 Å². The molecule has 1 heterocycles. The first-order valence-electron chi connectivity index (χ1n) is 11.2. The smallest absolute Gasteiger partial charge is 0.328 e. The van der Waals surface area contributed by atoms with Crippen LogP contribution in [0.15, 0.2) is 60.1 Å². The summed E-state index contributed by atoms with van der Waals surface area (Å²) in [7, 11) is 1.68. The van der Waals surface area contributed by atoms with Crippen molar-refractivity contribution in [2.45, 2.75) is 79.8 Å². The van der Waals surface area contributed by atoms with Gasteiger partial charge in [0.15, 0.2) is 0 Å². The van der Waals surface area contributed by atoms with Crippen LogP contribution in [-0.4, -0.2) is 16.2 Å². The van der Waals surface area contributed by atoms with Gasteiger partial charge in [-0.05, 0) is 56.7 Å². The van der Waals surface area contributed by atoms with Gasteiger partial charge in [-0.25, -0.2) is 4.79 Å². The summed E-state index contributed by atoms with van der Waals surface area (Å²) in [5.41, 5.74) is 2.54. The predicted octanol–water partition coefficient (Wildman–Crippen LogP) is 6.43. The van der Waals surface area contributed by atoms with Gasteiger partial charge in [-0.3, -0.25) is 9.13 Å². The third-order valence-electron chi connectivity index (χ3n) is 4.46. The zero-order chi connectivity index (χ0) is 22.8. The highest BCUT2D eigenvalue weighted by Gasteiger charge is 2.09. The molecule has 0 aliphatic rings. The van der Waals surface area contributed by atoms with E-state index in [1.54, 1.807) is 11.7 Å². The van der Waals surface area contributed by atoms with Gasteiger partial charge >= 0.3 is 5.69 Å². The molecule has 30 heavy (non-hydrogen) atoms. The van der Waals surface area contributed by atoms with E-state index in [1.807, 2.05) is 61.9 Å². The molecule has 0 saturated heterocycles. The number of nitrogens with zero attached hydrogens (tertiary/aromatic N) is 2. The van der Waals surface area contributed by atoms with E-state index in [4.69, 9.17) is 4.74 Å². The second-order valence-electron chi connectivity index (χ2n) is 6.67. The zero-order valence-corrected chi connectivity index (χ0v) is 20.0. The Bertz CT molecular complexity index is 767. The van der Waals surface area contributed by atoms with Crippen LogP contribution < -0.4 is 10.4 Å². The number of aromatic nitrogens is 2. The maximum Gasteiger partial charge on any atom is 0.328 e. The standard InChI is InChI=1S/C20H28N2O2.C4H8.C2H6/c1-4-6-15-21-16-18(22(14-5-2)20(21)23)9-7-8-17-10-12-19(24-3)13-11-17;1-3-4-2;1-2/h4,6,10-13,16H,5,7-9,14-15H2,1-3H3;3H,1,4H2,2H3;1-2H3/b6-4+;;. The van der Waals surface area contributed by atoms with Gasteiger partial charge in [-0.2, -0.15) is 0 Å². The Morgan fingerprint density at radius 2 is 1.73 bits per heavy atom. The molecule has 0 aliphatic carbocycles. The van der Waals surface area contributed by atoms with Crippen molar-refractivity contribution in [3.8, 4) is 5.75 Å². The molecule has 0 N–H and O–H groups in total. The van der Waals surface area contributed by atoms with Crippen LogP contribution in [0.5, 0.6) is 5.75 Å². The van der Waals surface area contributed by atoms with Crippen molar-refractivity contribution in [1.29, 1.82) is 0 Å². The number of imidazole rings is 1. The van der Waals surface area contributed by atoms with Gasteiger partial charge in [0.2, 0.25) is 0 Å². The van der Waals surface area contributed by atoms with Crippen LogP contribution in [-0.2, 0) is 25.9 Å². The first-order chi connectivity index (χ1) is 14.6. The first-order valence-corrected chi connectivity index (χ1v) is 11.2. The third kappa shape index (κ3) is 9.82. The molecular formula is C26H42N2O2. The van der Waals surface area contributed by atoms with Crippen LogP contribution in [0, 0.1) is 0 Å². The van der Waals surface area contributed by atoms with Gasteiger partial charge in [0.1, 0.15) is 5.75 Å². The van der Waals surface area contributed by atoms with Crippen LogP contribution in [0.3, 0.4) is 0 Å². The number of benzene rings is 1. The van der Waals surface area contributed by atoms with E-state index in [0.717, 1.165) is 50.1 Å². The zero-order valence-electron chi connectivity index (χ0n) is 20.0. The lowest BCUT2D eigenvalue weighted by Crippen LogP contribution is -2.24. The number of hydrogen-bond acceptors (Lipinski definition) is 2. The fourth-order valence-corrected chi connectivity index (χ4v) is 2.86. The van der Waals surface area contributed by atoms with Crippen LogP contribution >= 0.6 is 0 Å². The summed E-state index contributed by atoms with van der Waals surface area (Å²) in [6, 6.07) is 8.20. The maximum absolute atomic E-state index is 12.5. The van der Waals surface area contributed by atoms with Crippen molar-refractivity contribution in [3.63, 3.8) is 0 Å². The van der Waals surface area contributed by atoms with E-state index >= 15 is 0 Å². The third-order valence-corrected chi connectivity index (χ3v) is 4.46. The highest BCUT2D eigenvalue weighted by molar-refractivity contribution is 5.27. The normalized spacial score (nSPS) is 10.1. The Balaban J connectivity index is 0.00000125. The molecule has 0 spiro atoms. The molecule has 2 rings (SSSR count). The minimum atomic E-state index is 0.106. The summed E-state index contributed by atoms with van der Waals surface area (Å²) < 4.78 is 8.92. The molecule has 2 aromatic rings. The van der Waals surface area contributed by atoms with Crippen molar-refractivity contribution in [3.05, 3.63) is 77.0 Å². The van der Waals surface area contributed by atoms with Gasteiger partial charge in [-0.15, -0.1) is 6.58 Å².